The van der Waals surface area contributed by atoms with Crippen molar-refractivity contribution in [1.29, 1.82) is 0 Å². The largest absolute Gasteiger partial charge is 0.331 e. The van der Waals surface area contributed by atoms with Crippen molar-refractivity contribution in [2.24, 2.45) is 21.1 Å². The topological polar surface area (TPSA) is 53.5 Å². The van der Waals surface area contributed by atoms with E-state index in [0.29, 0.717) is 0 Å². The van der Waals surface area contributed by atoms with Crippen LogP contribution in [0.15, 0.2) is 60.7 Å². The third kappa shape index (κ3) is 5.05. The zero-order valence-corrected chi connectivity index (χ0v) is 21.5. The van der Waals surface area contributed by atoms with Gasteiger partial charge in [-0.2, -0.15) is 0 Å². The first-order valence-electron chi connectivity index (χ1n) is 11.2. The van der Waals surface area contributed by atoms with E-state index in [0.717, 1.165) is 50.1 Å². The van der Waals surface area contributed by atoms with Gasteiger partial charge in [0, 0.05) is 32.2 Å². The number of rotatable bonds is 0. The van der Waals surface area contributed by atoms with E-state index < -0.39 is 0 Å². The van der Waals surface area contributed by atoms with Crippen LogP contribution in [0.1, 0.15) is 17.5 Å². The number of fused-ring (bicyclic) bond motifs is 3. The number of hydrogen-bond donors (Lipinski definition) is 0. The lowest BCUT2D eigenvalue weighted by Gasteiger charge is -1.95. The van der Waals surface area contributed by atoms with Crippen LogP contribution in [0.3, 0.4) is 0 Å². The molecule has 0 atom stereocenters. The van der Waals surface area contributed by atoms with Crippen LogP contribution in [-0.4, -0.2) is 28.7 Å². The van der Waals surface area contributed by atoms with Crippen molar-refractivity contribution >= 4 is 44.7 Å². The van der Waals surface area contributed by atoms with Crippen molar-refractivity contribution in [3.63, 3.8) is 0 Å². The van der Waals surface area contributed by atoms with Crippen LogP contribution in [0.5, 0.6) is 0 Å². The maximum Gasteiger partial charge on any atom is 0.125 e. The highest BCUT2D eigenvalue weighted by atomic mass is 35.5. The van der Waals surface area contributed by atoms with Crippen LogP contribution in [0, 0.1) is 26.6 Å². The Labute approximate surface area is 208 Å². The molecule has 0 spiro atoms. The average molecular weight is 491 g/mol. The molecule has 0 saturated carbocycles. The van der Waals surface area contributed by atoms with Gasteiger partial charge < -0.3 is 13.7 Å². The van der Waals surface area contributed by atoms with Gasteiger partial charge in [0.05, 0.1) is 33.1 Å². The lowest BCUT2D eigenvalue weighted by molar-refractivity contribution is 0.629. The van der Waals surface area contributed by atoms with E-state index in [1.807, 2.05) is 87.4 Å². The Morgan fingerprint density at radius 3 is 1.63 bits per heavy atom. The molecular formula is C27H28ClFN6. The van der Waals surface area contributed by atoms with E-state index in [1.165, 1.54) is 17.6 Å². The maximum absolute atomic E-state index is 12.7. The molecular weight excluding hydrogens is 463 g/mol. The molecule has 8 heteroatoms. The molecule has 180 valence electrons. The summed E-state index contributed by atoms with van der Waals surface area (Å²) < 4.78 is 18.8. The van der Waals surface area contributed by atoms with Crippen LogP contribution >= 0.6 is 11.6 Å². The summed E-state index contributed by atoms with van der Waals surface area (Å²) in [5.41, 5.74) is 6.04. The molecule has 6 rings (SSSR count). The van der Waals surface area contributed by atoms with E-state index in [2.05, 4.69) is 25.6 Å². The molecule has 0 fully saturated rings. The highest BCUT2D eigenvalue weighted by Gasteiger charge is 2.04. The molecule has 6 aromatic rings. The van der Waals surface area contributed by atoms with E-state index in [-0.39, 0.29) is 5.82 Å². The summed E-state index contributed by atoms with van der Waals surface area (Å²) >= 11 is 5.83. The quantitative estimate of drug-likeness (QED) is 0.246. The fourth-order valence-corrected chi connectivity index (χ4v) is 4.02. The summed E-state index contributed by atoms with van der Waals surface area (Å²) in [5.74, 6) is 2.73. The molecule has 3 aromatic carbocycles. The number of para-hydroxylation sites is 2. The lowest BCUT2D eigenvalue weighted by atomic mass is 10.3. The van der Waals surface area contributed by atoms with Gasteiger partial charge in [0.2, 0.25) is 0 Å². The molecule has 3 aromatic heterocycles. The summed E-state index contributed by atoms with van der Waals surface area (Å²) in [6.45, 7) is 5.89. The van der Waals surface area contributed by atoms with Gasteiger partial charge in [-0.1, -0.05) is 23.7 Å². The SMILES string of the molecule is Cc1nc2cc(Cl)ccc2n1C.Cc1nc2cc(F)ccc2n1C.Cc1nc2ccccc2n1C. The predicted molar refractivity (Wildman–Crippen MR) is 141 cm³/mol. The van der Waals surface area contributed by atoms with Crippen molar-refractivity contribution in [1.82, 2.24) is 28.7 Å². The van der Waals surface area contributed by atoms with Crippen LogP contribution < -0.4 is 0 Å². The number of hydrogen-bond acceptors (Lipinski definition) is 3. The van der Waals surface area contributed by atoms with Gasteiger partial charge in [-0.15, -0.1) is 0 Å². The minimum Gasteiger partial charge on any atom is -0.331 e. The number of benzene rings is 3. The third-order valence-corrected chi connectivity index (χ3v) is 6.38. The van der Waals surface area contributed by atoms with E-state index in [4.69, 9.17) is 11.6 Å². The van der Waals surface area contributed by atoms with Gasteiger partial charge >= 0.3 is 0 Å². The lowest BCUT2D eigenvalue weighted by Crippen LogP contribution is -1.89. The zero-order chi connectivity index (χ0) is 25.3. The molecule has 0 aliphatic heterocycles. The van der Waals surface area contributed by atoms with Crippen LogP contribution in [0.2, 0.25) is 5.02 Å². The number of nitrogens with zero attached hydrogens (tertiary/aromatic N) is 6. The summed E-state index contributed by atoms with van der Waals surface area (Å²) in [6, 6.07) is 18.5. The molecule has 0 N–H and O–H groups in total. The Balaban J connectivity index is 0.000000124. The van der Waals surface area contributed by atoms with Crippen molar-refractivity contribution in [2.45, 2.75) is 20.8 Å². The van der Waals surface area contributed by atoms with Crippen molar-refractivity contribution in [3.8, 4) is 0 Å². The summed E-state index contributed by atoms with van der Waals surface area (Å²) in [4.78, 5) is 12.9. The monoisotopic (exact) mass is 490 g/mol. The average Bonchev–Trinajstić information content (AvgIpc) is 3.39. The number of halogens is 2. The van der Waals surface area contributed by atoms with Crippen LogP contribution in [0.25, 0.3) is 33.1 Å². The zero-order valence-electron chi connectivity index (χ0n) is 20.7. The van der Waals surface area contributed by atoms with Gasteiger partial charge in [-0.05, 0) is 63.2 Å². The van der Waals surface area contributed by atoms with Gasteiger partial charge in [-0.25, -0.2) is 19.3 Å². The molecule has 0 bridgehead atoms. The fraction of sp³-hybridized carbons (Fsp3) is 0.222. The molecule has 0 aliphatic rings. The molecule has 0 aliphatic carbocycles. The molecule has 35 heavy (non-hydrogen) atoms. The Morgan fingerprint density at radius 1 is 0.600 bits per heavy atom. The second kappa shape index (κ2) is 9.88. The molecule has 6 nitrogen and oxygen atoms in total. The minimum atomic E-state index is -0.236. The molecule has 0 radical (unpaired) electrons. The van der Waals surface area contributed by atoms with E-state index >= 15 is 0 Å². The predicted octanol–water partition coefficient (Wildman–Crippen LogP) is 6.44. The van der Waals surface area contributed by atoms with Crippen molar-refractivity contribution in [2.75, 3.05) is 0 Å². The normalized spacial score (nSPS) is 10.9. The highest BCUT2D eigenvalue weighted by Crippen LogP contribution is 2.19. The first kappa shape index (κ1) is 24.4. The van der Waals surface area contributed by atoms with Gasteiger partial charge in [-0.3, -0.25) is 0 Å². The van der Waals surface area contributed by atoms with Gasteiger partial charge in [0.1, 0.15) is 23.3 Å². The van der Waals surface area contributed by atoms with Crippen molar-refractivity contribution in [3.05, 3.63) is 89.0 Å². The van der Waals surface area contributed by atoms with Gasteiger partial charge in [0.15, 0.2) is 0 Å². The Hall–Kier alpha value is -3.71. The highest BCUT2D eigenvalue weighted by molar-refractivity contribution is 6.31. The second-order valence-corrected chi connectivity index (χ2v) is 8.85. The summed E-state index contributed by atoms with van der Waals surface area (Å²) in [6.07, 6.45) is 0. The first-order chi connectivity index (χ1) is 16.7. The Kier molecular flexibility index (Phi) is 6.89. The second-order valence-electron chi connectivity index (χ2n) is 8.41. The third-order valence-electron chi connectivity index (χ3n) is 6.14. The van der Waals surface area contributed by atoms with Crippen LogP contribution in [-0.2, 0) is 21.1 Å². The van der Waals surface area contributed by atoms with Crippen molar-refractivity contribution < 1.29 is 4.39 Å². The molecule has 3 heterocycles. The fourth-order valence-electron chi connectivity index (χ4n) is 3.85. The minimum absolute atomic E-state index is 0.236. The van der Waals surface area contributed by atoms with E-state index in [9.17, 15) is 4.39 Å². The first-order valence-corrected chi connectivity index (χ1v) is 11.6. The number of aromatic nitrogens is 6. The standard InChI is InChI=1S/C9H9ClN2.C9H9FN2.C9H10N2/c2*1-6-11-8-5-7(10)3-4-9(8)12(6)2;1-7-10-8-5-3-4-6-9(8)11(7)2/h2*3-5H,1-2H3;3-6H,1-2H3. The van der Waals surface area contributed by atoms with Crippen LogP contribution in [0.4, 0.5) is 4.39 Å². The molecule has 0 amide bonds. The van der Waals surface area contributed by atoms with Gasteiger partial charge in [0.25, 0.3) is 0 Å². The number of imidazole rings is 3. The maximum atomic E-state index is 12.7. The molecule has 0 unspecified atom stereocenters. The smallest absolute Gasteiger partial charge is 0.125 e. The summed E-state index contributed by atoms with van der Waals surface area (Å²) in [7, 11) is 5.95. The number of aryl methyl sites for hydroxylation is 6. The molecule has 0 saturated heterocycles. The van der Waals surface area contributed by atoms with E-state index in [1.54, 1.807) is 6.07 Å². The Bertz CT molecular complexity index is 1560. The summed E-state index contributed by atoms with van der Waals surface area (Å²) in [5, 5.41) is 0.737. The Morgan fingerprint density at radius 2 is 1.06 bits per heavy atom.